The molecule has 0 aromatic heterocycles. The average molecular weight is 168 g/mol. The summed E-state index contributed by atoms with van der Waals surface area (Å²) in [5, 5.41) is 0. The molecular formula is C12H24. The van der Waals surface area contributed by atoms with Gasteiger partial charge in [-0.15, -0.1) is 0 Å². The van der Waals surface area contributed by atoms with Gasteiger partial charge in [-0.25, -0.2) is 0 Å². The van der Waals surface area contributed by atoms with Crippen LogP contribution in [-0.2, 0) is 0 Å². The van der Waals surface area contributed by atoms with Crippen LogP contribution < -0.4 is 0 Å². The fraction of sp³-hybridized carbons (Fsp3) is 1.00. The molecule has 0 bridgehead atoms. The predicted molar refractivity (Wildman–Crippen MR) is 55.1 cm³/mol. The molecule has 0 aromatic carbocycles. The van der Waals surface area contributed by atoms with E-state index in [0.29, 0.717) is 0 Å². The lowest BCUT2D eigenvalue weighted by Crippen LogP contribution is -2.17. The lowest BCUT2D eigenvalue weighted by atomic mass is 9.80. The molecule has 1 aliphatic carbocycles. The van der Waals surface area contributed by atoms with Crippen molar-refractivity contribution >= 4 is 0 Å². The van der Waals surface area contributed by atoms with Gasteiger partial charge in [-0.2, -0.15) is 0 Å². The number of hydrogen-bond acceptors (Lipinski definition) is 0. The SMILES string of the molecule is CC(C)[C@@H]1CCC[C@@H](C)CC1C. The largest absolute Gasteiger partial charge is 0.0625 e. The highest BCUT2D eigenvalue weighted by atomic mass is 14.3. The maximum Gasteiger partial charge on any atom is -0.0365 e. The smallest absolute Gasteiger partial charge is 0.0365 e. The molecule has 3 atom stereocenters. The fourth-order valence-corrected chi connectivity index (χ4v) is 2.90. The van der Waals surface area contributed by atoms with E-state index in [2.05, 4.69) is 27.7 Å². The second-order valence-electron chi connectivity index (χ2n) is 5.16. The Balaban J connectivity index is 2.51. The molecular weight excluding hydrogens is 144 g/mol. The van der Waals surface area contributed by atoms with Gasteiger partial charge in [-0.05, 0) is 36.5 Å². The molecule has 0 spiro atoms. The minimum Gasteiger partial charge on any atom is -0.0625 e. The minimum atomic E-state index is 0.894. The Morgan fingerprint density at radius 3 is 2.33 bits per heavy atom. The van der Waals surface area contributed by atoms with Gasteiger partial charge in [0.2, 0.25) is 0 Å². The van der Waals surface area contributed by atoms with Crippen LogP contribution in [0.3, 0.4) is 0 Å². The summed E-state index contributed by atoms with van der Waals surface area (Å²) in [5.41, 5.74) is 0. The lowest BCUT2D eigenvalue weighted by molar-refractivity contribution is 0.246. The van der Waals surface area contributed by atoms with E-state index < -0.39 is 0 Å². The monoisotopic (exact) mass is 168 g/mol. The van der Waals surface area contributed by atoms with Crippen LogP contribution in [0, 0.1) is 23.7 Å². The molecule has 1 rings (SSSR count). The summed E-state index contributed by atoms with van der Waals surface area (Å²) in [6.45, 7) is 9.64. The Bertz CT molecular complexity index is 126. The summed E-state index contributed by atoms with van der Waals surface area (Å²) in [7, 11) is 0. The highest BCUT2D eigenvalue weighted by Crippen LogP contribution is 2.35. The summed E-state index contributed by atoms with van der Waals surface area (Å²) in [6.07, 6.45) is 5.87. The Hall–Kier alpha value is 0. The first-order valence-corrected chi connectivity index (χ1v) is 5.61. The maximum absolute atomic E-state index is 2.45. The molecule has 1 unspecified atom stereocenters. The van der Waals surface area contributed by atoms with E-state index in [-0.39, 0.29) is 0 Å². The first-order valence-electron chi connectivity index (χ1n) is 5.61. The van der Waals surface area contributed by atoms with E-state index in [1.807, 2.05) is 0 Å². The molecule has 0 N–H and O–H groups in total. The van der Waals surface area contributed by atoms with Crippen LogP contribution in [0.15, 0.2) is 0 Å². The second kappa shape index (κ2) is 4.30. The summed E-state index contributed by atoms with van der Waals surface area (Å²) in [5.74, 6) is 3.83. The zero-order chi connectivity index (χ0) is 9.14. The van der Waals surface area contributed by atoms with E-state index in [1.165, 1.54) is 25.7 Å². The Morgan fingerprint density at radius 2 is 1.75 bits per heavy atom. The van der Waals surface area contributed by atoms with Crippen LogP contribution >= 0.6 is 0 Å². The number of hydrogen-bond donors (Lipinski definition) is 0. The molecule has 72 valence electrons. The van der Waals surface area contributed by atoms with Crippen molar-refractivity contribution < 1.29 is 0 Å². The van der Waals surface area contributed by atoms with Gasteiger partial charge in [0.25, 0.3) is 0 Å². The third-order valence-electron chi connectivity index (χ3n) is 3.60. The Morgan fingerprint density at radius 1 is 1.08 bits per heavy atom. The van der Waals surface area contributed by atoms with Crippen LogP contribution in [0.25, 0.3) is 0 Å². The molecule has 0 aliphatic heterocycles. The van der Waals surface area contributed by atoms with Crippen molar-refractivity contribution in [1.29, 1.82) is 0 Å². The predicted octanol–water partition coefficient (Wildman–Crippen LogP) is 4.10. The fourth-order valence-electron chi connectivity index (χ4n) is 2.90. The molecule has 12 heavy (non-hydrogen) atoms. The van der Waals surface area contributed by atoms with Crippen LogP contribution in [0.1, 0.15) is 53.4 Å². The van der Waals surface area contributed by atoms with Gasteiger partial charge < -0.3 is 0 Å². The van der Waals surface area contributed by atoms with Crippen LogP contribution in [0.4, 0.5) is 0 Å². The molecule has 0 saturated heterocycles. The van der Waals surface area contributed by atoms with Gasteiger partial charge in [-0.1, -0.05) is 40.5 Å². The molecule has 0 aromatic rings. The molecule has 0 heteroatoms. The number of rotatable bonds is 1. The molecule has 0 amide bonds. The molecule has 0 heterocycles. The highest BCUT2D eigenvalue weighted by Gasteiger charge is 2.24. The molecule has 1 fully saturated rings. The zero-order valence-electron chi connectivity index (χ0n) is 9.14. The van der Waals surface area contributed by atoms with Crippen molar-refractivity contribution in [2.45, 2.75) is 53.4 Å². The molecule has 1 aliphatic rings. The van der Waals surface area contributed by atoms with Gasteiger partial charge in [0, 0.05) is 0 Å². The Labute approximate surface area is 77.7 Å². The van der Waals surface area contributed by atoms with Crippen molar-refractivity contribution in [2.24, 2.45) is 23.7 Å². The third-order valence-corrected chi connectivity index (χ3v) is 3.60. The van der Waals surface area contributed by atoms with E-state index in [1.54, 1.807) is 0 Å². The minimum absolute atomic E-state index is 0.894. The van der Waals surface area contributed by atoms with E-state index >= 15 is 0 Å². The van der Waals surface area contributed by atoms with Gasteiger partial charge in [-0.3, -0.25) is 0 Å². The zero-order valence-corrected chi connectivity index (χ0v) is 9.14. The quantitative estimate of drug-likeness (QED) is 0.517. The first kappa shape index (κ1) is 10.1. The van der Waals surface area contributed by atoms with Gasteiger partial charge >= 0.3 is 0 Å². The van der Waals surface area contributed by atoms with Crippen molar-refractivity contribution in [3.8, 4) is 0 Å². The topological polar surface area (TPSA) is 0 Å². The van der Waals surface area contributed by atoms with Crippen molar-refractivity contribution in [2.75, 3.05) is 0 Å². The third kappa shape index (κ3) is 2.50. The summed E-state index contributed by atoms with van der Waals surface area (Å²) < 4.78 is 0. The van der Waals surface area contributed by atoms with Crippen LogP contribution in [-0.4, -0.2) is 0 Å². The maximum atomic E-state index is 2.45. The standard InChI is InChI=1S/C12H24/c1-9(2)12-7-5-6-10(3)8-11(12)4/h9-12H,5-8H2,1-4H3/t10-,11?,12+/m1/s1. The Kier molecular flexibility index (Phi) is 3.61. The van der Waals surface area contributed by atoms with Crippen molar-refractivity contribution in [3.63, 3.8) is 0 Å². The van der Waals surface area contributed by atoms with E-state index in [9.17, 15) is 0 Å². The average Bonchev–Trinajstić information content (AvgIpc) is 2.10. The molecule has 0 radical (unpaired) electrons. The normalized spacial score (nSPS) is 38.2. The molecule has 0 nitrogen and oxygen atoms in total. The highest BCUT2D eigenvalue weighted by molar-refractivity contribution is 4.75. The van der Waals surface area contributed by atoms with Gasteiger partial charge in [0.05, 0.1) is 0 Å². The van der Waals surface area contributed by atoms with Crippen LogP contribution in [0.5, 0.6) is 0 Å². The first-order chi connectivity index (χ1) is 5.61. The lowest BCUT2D eigenvalue weighted by Gasteiger charge is -2.25. The second-order valence-corrected chi connectivity index (χ2v) is 5.16. The van der Waals surface area contributed by atoms with Crippen LogP contribution in [0.2, 0.25) is 0 Å². The van der Waals surface area contributed by atoms with E-state index in [4.69, 9.17) is 0 Å². The van der Waals surface area contributed by atoms with Crippen molar-refractivity contribution in [3.05, 3.63) is 0 Å². The van der Waals surface area contributed by atoms with E-state index in [0.717, 1.165) is 23.7 Å². The summed E-state index contributed by atoms with van der Waals surface area (Å²) in [6, 6.07) is 0. The molecule has 1 saturated carbocycles. The van der Waals surface area contributed by atoms with Gasteiger partial charge in [0.15, 0.2) is 0 Å². The summed E-state index contributed by atoms with van der Waals surface area (Å²) >= 11 is 0. The van der Waals surface area contributed by atoms with Crippen molar-refractivity contribution in [1.82, 2.24) is 0 Å². The summed E-state index contributed by atoms with van der Waals surface area (Å²) in [4.78, 5) is 0. The van der Waals surface area contributed by atoms with Gasteiger partial charge in [0.1, 0.15) is 0 Å².